The van der Waals surface area contributed by atoms with Crippen LogP contribution in [0.2, 0.25) is 0 Å². The summed E-state index contributed by atoms with van der Waals surface area (Å²) in [6.07, 6.45) is 3.66. The Kier molecular flexibility index (Phi) is 3.19. The Bertz CT molecular complexity index is 726. The zero-order chi connectivity index (χ0) is 14.4. The lowest BCUT2D eigenvalue weighted by Crippen LogP contribution is -3.11. The van der Waals surface area contributed by atoms with Gasteiger partial charge in [0.05, 0.1) is 6.54 Å². The molecule has 1 fully saturated rings. The fourth-order valence-electron chi connectivity index (χ4n) is 3.37. The Labute approximate surface area is 130 Å². The van der Waals surface area contributed by atoms with Crippen molar-refractivity contribution in [2.45, 2.75) is 45.4 Å². The average Bonchev–Trinajstić information content (AvgIpc) is 3.27. The maximum absolute atomic E-state index is 5.63. The van der Waals surface area contributed by atoms with E-state index in [0.29, 0.717) is 6.04 Å². The topological polar surface area (TPSA) is 27.2 Å². The first-order chi connectivity index (χ1) is 10.2. The van der Waals surface area contributed by atoms with E-state index in [4.69, 9.17) is 12.2 Å². The van der Waals surface area contributed by atoms with Gasteiger partial charge in [-0.05, 0) is 37.5 Å². The van der Waals surface area contributed by atoms with Crippen LogP contribution in [0.25, 0.3) is 0 Å². The number of aryl methyl sites for hydroxylation is 1. The van der Waals surface area contributed by atoms with Crippen molar-refractivity contribution in [3.8, 4) is 0 Å². The van der Waals surface area contributed by atoms with Crippen molar-refractivity contribution in [1.82, 2.24) is 14.3 Å². The molecule has 110 valence electrons. The van der Waals surface area contributed by atoms with Gasteiger partial charge < -0.3 is 9.47 Å². The molecule has 1 aliphatic heterocycles. The van der Waals surface area contributed by atoms with Crippen LogP contribution in [-0.4, -0.2) is 20.9 Å². The van der Waals surface area contributed by atoms with E-state index in [2.05, 4.69) is 40.9 Å². The zero-order valence-corrected chi connectivity index (χ0v) is 13.2. The second kappa shape index (κ2) is 5.07. The minimum atomic E-state index is 0.614. The van der Waals surface area contributed by atoms with Gasteiger partial charge in [0.2, 0.25) is 4.77 Å². The predicted molar refractivity (Wildman–Crippen MR) is 83.7 cm³/mol. The van der Waals surface area contributed by atoms with Gasteiger partial charge in [-0.3, -0.25) is 0 Å². The molecule has 1 N–H and O–H groups in total. The number of hydrogen-bond donors (Lipinski definition) is 1. The monoisotopic (exact) mass is 301 g/mol. The molecule has 2 aliphatic rings. The van der Waals surface area contributed by atoms with Crippen LogP contribution >= 0.6 is 12.2 Å². The number of rotatable bonds is 3. The van der Waals surface area contributed by atoms with E-state index < -0.39 is 0 Å². The first kappa shape index (κ1) is 13.2. The third-order valence-corrected chi connectivity index (χ3v) is 5.04. The molecule has 0 radical (unpaired) electrons. The summed E-state index contributed by atoms with van der Waals surface area (Å²) in [7, 11) is 0. The highest BCUT2D eigenvalue weighted by atomic mass is 32.1. The number of fused-ring (bicyclic) bond motifs is 1. The quantitative estimate of drug-likeness (QED) is 0.873. The Morgan fingerprint density at radius 2 is 2.05 bits per heavy atom. The van der Waals surface area contributed by atoms with Gasteiger partial charge in [-0.15, -0.1) is 0 Å². The molecular weight excluding hydrogens is 280 g/mol. The highest BCUT2D eigenvalue weighted by molar-refractivity contribution is 7.71. The van der Waals surface area contributed by atoms with Gasteiger partial charge in [-0.1, -0.05) is 24.3 Å². The fourth-order valence-corrected chi connectivity index (χ4v) is 3.76. The van der Waals surface area contributed by atoms with Crippen LogP contribution in [0.5, 0.6) is 0 Å². The zero-order valence-electron chi connectivity index (χ0n) is 12.4. The molecule has 5 heteroatoms. The number of nitrogens with one attached hydrogen (secondary N) is 1. The smallest absolute Gasteiger partial charge is 0.203 e. The molecular formula is C16H21N4S+. The van der Waals surface area contributed by atoms with Gasteiger partial charge in [-0.25, -0.2) is 0 Å². The van der Waals surface area contributed by atoms with Gasteiger partial charge in [-0.2, -0.15) is 9.78 Å². The first-order valence-electron chi connectivity index (χ1n) is 7.78. The molecule has 0 bridgehead atoms. The first-order valence-corrected chi connectivity index (χ1v) is 8.19. The lowest BCUT2D eigenvalue weighted by atomic mass is 10.0. The van der Waals surface area contributed by atoms with Crippen LogP contribution in [0.3, 0.4) is 0 Å². The Morgan fingerprint density at radius 3 is 2.81 bits per heavy atom. The van der Waals surface area contributed by atoms with E-state index in [1.165, 1.54) is 24.0 Å². The van der Waals surface area contributed by atoms with E-state index in [0.717, 1.165) is 36.8 Å². The molecule has 1 aromatic carbocycles. The molecule has 1 saturated carbocycles. The van der Waals surface area contributed by atoms with Crippen molar-refractivity contribution in [2.24, 2.45) is 0 Å². The molecule has 1 unspecified atom stereocenters. The molecule has 0 amide bonds. The van der Waals surface area contributed by atoms with E-state index in [1.54, 1.807) is 4.90 Å². The molecule has 1 atom stereocenters. The summed E-state index contributed by atoms with van der Waals surface area (Å²) in [4.78, 5) is 1.55. The number of benzene rings is 1. The van der Waals surface area contributed by atoms with Crippen LogP contribution in [-0.2, 0) is 19.6 Å². The van der Waals surface area contributed by atoms with Crippen molar-refractivity contribution in [3.05, 3.63) is 46.0 Å². The molecule has 2 heterocycles. The summed E-state index contributed by atoms with van der Waals surface area (Å²) in [5.41, 5.74) is 2.98. The third kappa shape index (κ3) is 2.45. The summed E-state index contributed by atoms with van der Waals surface area (Å²) in [5, 5.41) is 4.68. The van der Waals surface area contributed by atoms with E-state index in [9.17, 15) is 0 Å². The summed E-state index contributed by atoms with van der Waals surface area (Å²) in [6.45, 7) is 5.20. The lowest BCUT2D eigenvalue weighted by molar-refractivity contribution is -0.939. The average molecular weight is 301 g/mol. The van der Waals surface area contributed by atoms with E-state index in [-0.39, 0.29) is 0 Å². The number of nitrogens with zero attached hydrogens (tertiary/aromatic N) is 3. The van der Waals surface area contributed by atoms with Crippen molar-refractivity contribution < 1.29 is 4.90 Å². The molecule has 0 saturated heterocycles. The standard InChI is InChI=1S/C16H20N4S/c1-12-17-19(16(21)20(12)15-6-7-15)11-18-9-8-13-4-2-3-5-14(13)10-18/h2-5,15H,6-11H2,1H3/p+1. The van der Waals surface area contributed by atoms with E-state index in [1.807, 2.05) is 4.68 Å². The summed E-state index contributed by atoms with van der Waals surface area (Å²) >= 11 is 5.63. The Balaban J connectivity index is 1.55. The van der Waals surface area contributed by atoms with Crippen LogP contribution in [0.1, 0.15) is 35.8 Å². The number of hydrogen-bond acceptors (Lipinski definition) is 2. The molecule has 2 aromatic rings. The molecule has 1 aromatic heterocycles. The molecule has 4 rings (SSSR count). The highest BCUT2D eigenvalue weighted by Gasteiger charge is 2.28. The van der Waals surface area contributed by atoms with Gasteiger partial charge in [0, 0.05) is 18.0 Å². The molecule has 4 nitrogen and oxygen atoms in total. The number of aromatic nitrogens is 3. The van der Waals surface area contributed by atoms with Crippen molar-refractivity contribution in [3.63, 3.8) is 0 Å². The molecule has 0 spiro atoms. The Morgan fingerprint density at radius 1 is 1.29 bits per heavy atom. The van der Waals surface area contributed by atoms with Crippen LogP contribution in [0.4, 0.5) is 0 Å². The molecule has 21 heavy (non-hydrogen) atoms. The highest BCUT2D eigenvalue weighted by Crippen LogP contribution is 2.35. The van der Waals surface area contributed by atoms with Crippen LogP contribution in [0, 0.1) is 11.7 Å². The third-order valence-electron chi connectivity index (χ3n) is 4.63. The van der Waals surface area contributed by atoms with Crippen LogP contribution < -0.4 is 4.90 Å². The number of quaternary nitrogens is 1. The van der Waals surface area contributed by atoms with Gasteiger partial charge in [0.15, 0.2) is 6.67 Å². The fraction of sp³-hybridized carbons (Fsp3) is 0.500. The predicted octanol–water partition coefficient (Wildman–Crippen LogP) is 1.66. The minimum absolute atomic E-state index is 0.614. The van der Waals surface area contributed by atoms with E-state index >= 15 is 0 Å². The Hall–Kier alpha value is -1.46. The normalized spacial score (nSPS) is 21.3. The lowest BCUT2D eigenvalue weighted by Gasteiger charge is -2.25. The van der Waals surface area contributed by atoms with Gasteiger partial charge in [0.1, 0.15) is 12.4 Å². The molecule has 1 aliphatic carbocycles. The second-order valence-corrected chi connectivity index (χ2v) is 6.65. The van der Waals surface area contributed by atoms with Crippen molar-refractivity contribution in [2.75, 3.05) is 6.54 Å². The maximum atomic E-state index is 5.63. The van der Waals surface area contributed by atoms with Crippen LogP contribution in [0.15, 0.2) is 24.3 Å². The van der Waals surface area contributed by atoms with Gasteiger partial charge in [0.25, 0.3) is 0 Å². The maximum Gasteiger partial charge on any atom is 0.203 e. The largest absolute Gasteiger partial charge is 0.312 e. The van der Waals surface area contributed by atoms with Gasteiger partial charge >= 0.3 is 0 Å². The summed E-state index contributed by atoms with van der Waals surface area (Å²) < 4.78 is 5.18. The summed E-state index contributed by atoms with van der Waals surface area (Å²) in [5.74, 6) is 1.07. The van der Waals surface area contributed by atoms with Crippen molar-refractivity contribution >= 4 is 12.2 Å². The summed E-state index contributed by atoms with van der Waals surface area (Å²) in [6, 6.07) is 9.40. The van der Waals surface area contributed by atoms with Crippen molar-refractivity contribution in [1.29, 1.82) is 0 Å². The SMILES string of the molecule is Cc1nn(C[NH+]2CCc3ccccc3C2)c(=S)n1C1CC1. The second-order valence-electron chi connectivity index (χ2n) is 6.28. The minimum Gasteiger partial charge on any atom is -0.312 e.